The van der Waals surface area contributed by atoms with E-state index in [9.17, 15) is 9.59 Å². The van der Waals surface area contributed by atoms with E-state index in [1.54, 1.807) is 30.1 Å². The number of nitrogens with one attached hydrogen (secondary N) is 1. The summed E-state index contributed by atoms with van der Waals surface area (Å²) in [5.41, 5.74) is 1.11. The molecule has 0 radical (unpaired) electrons. The van der Waals surface area contributed by atoms with Gasteiger partial charge >= 0.3 is 5.69 Å². The number of nitrogens with zero attached hydrogens (tertiary/aromatic N) is 6. The number of likely N-dealkylation sites (N-methyl/N-ethyl adjacent to an activating group) is 1. The summed E-state index contributed by atoms with van der Waals surface area (Å²) in [6, 6.07) is 8.18. The number of aromatic nitrogens is 5. The summed E-state index contributed by atoms with van der Waals surface area (Å²) in [7, 11) is 1.66. The molecule has 0 aliphatic carbocycles. The summed E-state index contributed by atoms with van der Waals surface area (Å²) >= 11 is 3.46. The standard InChI is InChI=1S/C23H29N7O2S2/c1-4-28-9-11-29(12-10-28)21-25-19-18(20(31)26-22(32)27(19)3)30(21)13-15(2)14-33-23-24-16-7-5-6-8-17(16)34-23/h5-8,15H,4,9-14H2,1-3H3,(H,26,31,32)/t15-/m1/s1. The summed E-state index contributed by atoms with van der Waals surface area (Å²) < 4.78 is 5.69. The van der Waals surface area contributed by atoms with Crippen LogP contribution >= 0.6 is 23.1 Å². The van der Waals surface area contributed by atoms with Crippen LogP contribution in [0.5, 0.6) is 0 Å². The number of H-pyrrole nitrogens is 1. The second kappa shape index (κ2) is 9.55. The van der Waals surface area contributed by atoms with E-state index >= 15 is 0 Å². The lowest BCUT2D eigenvalue weighted by Crippen LogP contribution is -2.47. The van der Waals surface area contributed by atoms with E-state index in [1.807, 2.05) is 22.8 Å². The Morgan fingerprint density at radius 1 is 1.15 bits per heavy atom. The average Bonchev–Trinajstić information content (AvgIpc) is 3.43. The number of aryl methyl sites for hydroxylation is 1. The van der Waals surface area contributed by atoms with Crippen LogP contribution in [-0.2, 0) is 13.6 Å². The van der Waals surface area contributed by atoms with Gasteiger partial charge in [0, 0.05) is 45.5 Å². The van der Waals surface area contributed by atoms with E-state index < -0.39 is 5.69 Å². The number of aromatic amines is 1. The smallest absolute Gasteiger partial charge is 0.329 e. The lowest BCUT2D eigenvalue weighted by molar-refractivity contribution is 0.269. The van der Waals surface area contributed by atoms with Crippen LogP contribution in [0.3, 0.4) is 0 Å². The van der Waals surface area contributed by atoms with Crippen molar-refractivity contribution in [2.45, 2.75) is 24.7 Å². The first-order chi connectivity index (χ1) is 16.4. The molecule has 0 unspecified atom stereocenters. The number of para-hydroxylation sites is 1. The topological polar surface area (TPSA) is 92.0 Å². The third-order valence-electron chi connectivity index (χ3n) is 6.35. The van der Waals surface area contributed by atoms with Gasteiger partial charge in [0.1, 0.15) is 0 Å². The van der Waals surface area contributed by atoms with Crippen molar-refractivity contribution in [3.05, 3.63) is 45.1 Å². The maximum Gasteiger partial charge on any atom is 0.329 e. The van der Waals surface area contributed by atoms with Crippen molar-refractivity contribution >= 4 is 50.4 Å². The highest BCUT2D eigenvalue weighted by molar-refractivity contribution is 8.01. The number of hydrogen-bond donors (Lipinski definition) is 1. The van der Waals surface area contributed by atoms with E-state index in [0.717, 1.165) is 54.3 Å². The molecule has 0 amide bonds. The van der Waals surface area contributed by atoms with Crippen LogP contribution < -0.4 is 16.1 Å². The Morgan fingerprint density at radius 3 is 2.65 bits per heavy atom. The Kier molecular flexibility index (Phi) is 6.50. The zero-order valence-electron chi connectivity index (χ0n) is 19.7. The normalized spacial score (nSPS) is 16.0. The predicted molar refractivity (Wildman–Crippen MR) is 139 cm³/mol. The molecule has 3 aromatic heterocycles. The zero-order chi connectivity index (χ0) is 23.8. The Hall–Kier alpha value is -2.63. The summed E-state index contributed by atoms with van der Waals surface area (Å²) in [5.74, 6) is 1.91. The van der Waals surface area contributed by atoms with Crippen LogP contribution in [0.4, 0.5) is 5.95 Å². The van der Waals surface area contributed by atoms with Crippen molar-refractivity contribution in [3.63, 3.8) is 0 Å². The molecule has 180 valence electrons. The Bertz CT molecular complexity index is 1400. The molecule has 1 aliphatic rings. The number of anilines is 1. The van der Waals surface area contributed by atoms with Gasteiger partial charge in [-0.15, -0.1) is 11.3 Å². The first kappa shape index (κ1) is 23.1. The molecule has 0 spiro atoms. The molecule has 34 heavy (non-hydrogen) atoms. The third kappa shape index (κ3) is 4.39. The Morgan fingerprint density at radius 2 is 1.91 bits per heavy atom. The van der Waals surface area contributed by atoms with Crippen LogP contribution in [0.15, 0.2) is 38.2 Å². The van der Waals surface area contributed by atoms with Gasteiger partial charge in [0.2, 0.25) is 5.95 Å². The largest absolute Gasteiger partial charge is 0.340 e. The Balaban J connectivity index is 1.42. The number of thiazole rings is 1. The van der Waals surface area contributed by atoms with E-state index in [1.165, 1.54) is 9.27 Å². The first-order valence-corrected chi connectivity index (χ1v) is 13.4. The number of imidazole rings is 1. The number of rotatable bonds is 7. The van der Waals surface area contributed by atoms with Crippen molar-refractivity contribution in [3.8, 4) is 0 Å². The second-order valence-electron chi connectivity index (χ2n) is 8.80. The third-order valence-corrected chi connectivity index (χ3v) is 8.86. The predicted octanol–water partition coefficient (Wildman–Crippen LogP) is 2.60. The van der Waals surface area contributed by atoms with Gasteiger partial charge in [-0.3, -0.25) is 14.3 Å². The van der Waals surface area contributed by atoms with Gasteiger partial charge in [-0.05, 0) is 24.6 Å². The fourth-order valence-corrected chi connectivity index (χ4v) is 6.49. The highest BCUT2D eigenvalue weighted by Crippen LogP contribution is 2.31. The second-order valence-corrected chi connectivity index (χ2v) is 11.1. The van der Waals surface area contributed by atoms with E-state index in [2.05, 4.69) is 34.7 Å². The van der Waals surface area contributed by atoms with E-state index in [0.29, 0.717) is 17.7 Å². The quantitative estimate of drug-likeness (QED) is 0.391. The fourth-order valence-electron chi connectivity index (χ4n) is 4.39. The summed E-state index contributed by atoms with van der Waals surface area (Å²) in [5, 5.41) is 0. The van der Waals surface area contributed by atoms with Gasteiger partial charge in [0.05, 0.1) is 10.2 Å². The molecular weight excluding hydrogens is 470 g/mol. The van der Waals surface area contributed by atoms with E-state index in [4.69, 9.17) is 9.97 Å². The molecule has 5 rings (SSSR count). The van der Waals surface area contributed by atoms with E-state index in [-0.39, 0.29) is 11.5 Å². The SMILES string of the molecule is CCN1CCN(c2nc3c(c(=O)[nH]c(=O)n3C)n2C[C@@H](C)CSc2nc3ccccc3s2)CC1. The highest BCUT2D eigenvalue weighted by atomic mass is 32.2. The van der Waals surface area contributed by atoms with Gasteiger partial charge in [0.15, 0.2) is 15.5 Å². The summed E-state index contributed by atoms with van der Waals surface area (Å²) in [4.78, 5) is 41.7. The summed E-state index contributed by atoms with van der Waals surface area (Å²) in [6.45, 7) is 9.62. The number of hydrogen-bond acceptors (Lipinski definition) is 8. The molecule has 1 aromatic carbocycles. The first-order valence-electron chi connectivity index (χ1n) is 11.6. The zero-order valence-corrected chi connectivity index (χ0v) is 21.3. The molecule has 11 heteroatoms. The molecule has 1 aliphatic heterocycles. The number of piperazine rings is 1. The molecule has 4 aromatic rings. The monoisotopic (exact) mass is 499 g/mol. The number of benzene rings is 1. The number of fused-ring (bicyclic) bond motifs is 2. The van der Waals surface area contributed by atoms with Crippen LogP contribution in [0, 0.1) is 5.92 Å². The lowest BCUT2D eigenvalue weighted by Gasteiger charge is -2.35. The van der Waals surface area contributed by atoms with Crippen molar-refractivity contribution in [2.75, 3.05) is 43.4 Å². The maximum atomic E-state index is 12.9. The Labute approximate surface area is 205 Å². The molecular formula is C23H29N7O2S2. The summed E-state index contributed by atoms with van der Waals surface area (Å²) in [6.07, 6.45) is 0. The minimum Gasteiger partial charge on any atom is -0.340 e. The van der Waals surface area contributed by atoms with Crippen LogP contribution in [0.2, 0.25) is 0 Å². The maximum absolute atomic E-state index is 12.9. The molecule has 1 N–H and O–H groups in total. The van der Waals surface area contributed by atoms with Gasteiger partial charge < -0.3 is 14.4 Å². The number of thioether (sulfide) groups is 1. The lowest BCUT2D eigenvalue weighted by atomic mass is 10.2. The van der Waals surface area contributed by atoms with Gasteiger partial charge in [-0.2, -0.15) is 4.98 Å². The van der Waals surface area contributed by atoms with Crippen molar-refractivity contribution in [1.82, 2.24) is 29.0 Å². The molecule has 9 nitrogen and oxygen atoms in total. The van der Waals surface area contributed by atoms with Crippen molar-refractivity contribution in [1.29, 1.82) is 0 Å². The van der Waals surface area contributed by atoms with Crippen LogP contribution in [0.25, 0.3) is 21.4 Å². The fraction of sp³-hybridized carbons (Fsp3) is 0.478. The van der Waals surface area contributed by atoms with Crippen molar-refractivity contribution in [2.24, 2.45) is 13.0 Å². The van der Waals surface area contributed by atoms with Gasteiger partial charge in [-0.25, -0.2) is 9.78 Å². The molecule has 1 saturated heterocycles. The molecule has 1 atom stereocenters. The molecule has 4 heterocycles. The van der Waals surface area contributed by atoms with Crippen LogP contribution in [0.1, 0.15) is 13.8 Å². The van der Waals surface area contributed by atoms with Crippen molar-refractivity contribution < 1.29 is 0 Å². The molecule has 1 fully saturated rings. The minimum atomic E-state index is -0.441. The molecule has 0 saturated carbocycles. The molecule has 0 bridgehead atoms. The van der Waals surface area contributed by atoms with Gasteiger partial charge in [-0.1, -0.05) is 37.7 Å². The van der Waals surface area contributed by atoms with Crippen LogP contribution in [-0.4, -0.2) is 67.5 Å². The average molecular weight is 500 g/mol. The van der Waals surface area contributed by atoms with Gasteiger partial charge in [0.25, 0.3) is 5.56 Å². The minimum absolute atomic E-state index is 0.265. The highest BCUT2D eigenvalue weighted by Gasteiger charge is 2.25.